The normalized spacial score (nSPS) is 12.2. The van der Waals surface area contributed by atoms with Crippen LogP contribution >= 0.6 is 23.4 Å². The molecular weight excluding hydrogens is 466 g/mol. The van der Waals surface area contributed by atoms with E-state index in [2.05, 4.69) is 9.97 Å². The van der Waals surface area contributed by atoms with Crippen molar-refractivity contribution in [2.75, 3.05) is 20.3 Å². The molecule has 0 spiro atoms. The Morgan fingerprint density at radius 1 is 1.30 bits per heavy atom. The number of H-pyrrole nitrogens is 1. The number of ketones is 1. The van der Waals surface area contributed by atoms with Gasteiger partial charge in [0.05, 0.1) is 47.2 Å². The molecule has 1 aromatic carbocycles. The number of aromatic amines is 1. The zero-order valence-corrected chi connectivity index (χ0v) is 20.7. The van der Waals surface area contributed by atoms with Crippen molar-refractivity contribution in [3.8, 4) is 0 Å². The van der Waals surface area contributed by atoms with Gasteiger partial charge in [-0.15, -0.1) is 0 Å². The minimum absolute atomic E-state index is 0.213. The van der Waals surface area contributed by atoms with Crippen LogP contribution < -0.4 is 5.56 Å². The molecule has 0 saturated carbocycles. The number of carbonyl (C=O) groups is 2. The molecule has 0 saturated heterocycles. The van der Waals surface area contributed by atoms with Crippen molar-refractivity contribution < 1.29 is 19.1 Å². The van der Waals surface area contributed by atoms with Gasteiger partial charge in [0.2, 0.25) is 0 Å². The quantitative estimate of drug-likeness (QED) is 0.207. The van der Waals surface area contributed by atoms with Crippen molar-refractivity contribution in [1.82, 2.24) is 14.5 Å². The molecule has 0 aliphatic rings. The fraction of sp³-hybridized carbons (Fsp3) is 0.391. The first kappa shape index (κ1) is 25.0. The van der Waals surface area contributed by atoms with Crippen LogP contribution in [-0.4, -0.2) is 51.9 Å². The van der Waals surface area contributed by atoms with E-state index < -0.39 is 11.2 Å². The summed E-state index contributed by atoms with van der Waals surface area (Å²) in [4.78, 5) is 46.3. The van der Waals surface area contributed by atoms with Gasteiger partial charge < -0.3 is 14.5 Å². The molecule has 176 valence electrons. The summed E-state index contributed by atoms with van der Waals surface area (Å²) >= 11 is 7.26. The maximum absolute atomic E-state index is 13.3. The summed E-state index contributed by atoms with van der Waals surface area (Å²) in [5.41, 5.74) is 2.05. The first-order valence-electron chi connectivity index (χ1n) is 10.5. The maximum Gasteiger partial charge on any atom is 0.340 e. The van der Waals surface area contributed by atoms with Crippen LogP contribution in [0.1, 0.15) is 46.0 Å². The zero-order chi connectivity index (χ0) is 24.3. The number of Topliss-reactive ketones (excluding diaryl/α,β-unsaturated/α-hetero) is 1. The first-order chi connectivity index (χ1) is 15.7. The van der Waals surface area contributed by atoms with Crippen LogP contribution in [0.5, 0.6) is 0 Å². The van der Waals surface area contributed by atoms with Gasteiger partial charge in [-0.3, -0.25) is 14.2 Å². The Morgan fingerprint density at radius 3 is 2.70 bits per heavy atom. The van der Waals surface area contributed by atoms with Crippen molar-refractivity contribution >= 4 is 46.0 Å². The second kappa shape index (κ2) is 10.5. The van der Waals surface area contributed by atoms with Gasteiger partial charge in [-0.25, -0.2) is 9.78 Å². The largest absolute Gasteiger partial charge is 0.462 e. The number of halogens is 1. The molecule has 0 aliphatic carbocycles. The predicted octanol–water partition coefficient (Wildman–Crippen LogP) is 4.18. The summed E-state index contributed by atoms with van der Waals surface area (Å²) in [5, 5.41) is 0.704. The first-order valence-corrected chi connectivity index (χ1v) is 11.7. The number of carbonyl (C=O) groups excluding carboxylic acids is 2. The number of hydrogen-bond acceptors (Lipinski definition) is 7. The number of rotatable bonds is 9. The molecule has 2 aromatic heterocycles. The standard InChI is InChI=1S/C23H26ClN3O5S/c1-6-32-22(30)18-12(2)19(25-13(18)3)20(28)14(4)33-23-26-17-11-15(24)7-8-16(17)21(29)27(23)9-10-31-5/h7-8,11,14,25H,6,9-10H2,1-5H3. The number of esters is 1. The molecule has 1 atom stereocenters. The Balaban J connectivity index is 1.98. The number of thioether (sulfide) groups is 1. The number of benzene rings is 1. The summed E-state index contributed by atoms with van der Waals surface area (Å²) < 4.78 is 11.8. The molecule has 0 amide bonds. The number of ether oxygens (including phenoxy) is 2. The van der Waals surface area contributed by atoms with E-state index in [9.17, 15) is 14.4 Å². The van der Waals surface area contributed by atoms with Crippen molar-refractivity contribution in [3.63, 3.8) is 0 Å². The minimum Gasteiger partial charge on any atom is -0.462 e. The molecule has 0 fully saturated rings. The monoisotopic (exact) mass is 491 g/mol. The van der Waals surface area contributed by atoms with Crippen LogP contribution in [0.25, 0.3) is 10.9 Å². The lowest BCUT2D eigenvalue weighted by Crippen LogP contribution is -2.26. The highest BCUT2D eigenvalue weighted by Crippen LogP contribution is 2.28. The fourth-order valence-corrected chi connectivity index (χ4v) is 4.72. The number of nitrogens with one attached hydrogen (secondary N) is 1. The highest BCUT2D eigenvalue weighted by Gasteiger charge is 2.27. The van der Waals surface area contributed by atoms with E-state index in [1.54, 1.807) is 53.0 Å². The van der Waals surface area contributed by atoms with E-state index in [4.69, 9.17) is 21.1 Å². The third-order valence-corrected chi connectivity index (χ3v) is 6.54. The van der Waals surface area contributed by atoms with Gasteiger partial charge in [-0.2, -0.15) is 0 Å². The number of nitrogens with zero attached hydrogens (tertiary/aromatic N) is 2. The molecule has 33 heavy (non-hydrogen) atoms. The Bertz CT molecular complexity index is 1270. The molecule has 1 unspecified atom stereocenters. The summed E-state index contributed by atoms with van der Waals surface area (Å²) in [6.07, 6.45) is 0. The summed E-state index contributed by atoms with van der Waals surface area (Å²) in [5.74, 6) is -0.681. The average molecular weight is 492 g/mol. The van der Waals surface area contributed by atoms with E-state index in [1.807, 2.05) is 0 Å². The van der Waals surface area contributed by atoms with Crippen molar-refractivity contribution in [2.45, 2.75) is 44.6 Å². The predicted molar refractivity (Wildman–Crippen MR) is 129 cm³/mol. The SMILES string of the molecule is CCOC(=O)c1c(C)[nH]c(C(=O)C(C)Sc2nc3cc(Cl)ccc3c(=O)n2CCOC)c1C. The molecule has 0 bridgehead atoms. The molecule has 3 aromatic rings. The lowest BCUT2D eigenvalue weighted by Gasteiger charge is -2.16. The third-order valence-electron chi connectivity index (χ3n) is 5.22. The Labute approximate surface area is 200 Å². The van der Waals surface area contributed by atoms with Crippen LogP contribution in [0.2, 0.25) is 5.02 Å². The van der Waals surface area contributed by atoms with Crippen LogP contribution in [0, 0.1) is 13.8 Å². The summed E-state index contributed by atoms with van der Waals surface area (Å²) in [6.45, 7) is 7.76. The van der Waals surface area contributed by atoms with E-state index in [0.29, 0.717) is 50.2 Å². The van der Waals surface area contributed by atoms with E-state index >= 15 is 0 Å². The lowest BCUT2D eigenvalue weighted by molar-refractivity contribution is 0.0525. The minimum atomic E-state index is -0.589. The van der Waals surface area contributed by atoms with Crippen LogP contribution in [0.4, 0.5) is 0 Å². The van der Waals surface area contributed by atoms with Gasteiger partial charge in [0.25, 0.3) is 5.56 Å². The maximum atomic E-state index is 13.3. The van der Waals surface area contributed by atoms with E-state index in [1.165, 1.54) is 16.3 Å². The van der Waals surface area contributed by atoms with Gasteiger partial charge in [0.15, 0.2) is 10.9 Å². The summed E-state index contributed by atoms with van der Waals surface area (Å²) in [7, 11) is 1.55. The van der Waals surface area contributed by atoms with Gasteiger partial charge in [-0.1, -0.05) is 23.4 Å². The van der Waals surface area contributed by atoms with Crippen LogP contribution in [0.15, 0.2) is 28.2 Å². The van der Waals surface area contributed by atoms with E-state index in [-0.39, 0.29) is 24.5 Å². The number of aromatic nitrogens is 3. The molecular formula is C23H26ClN3O5S. The highest BCUT2D eigenvalue weighted by molar-refractivity contribution is 8.00. The van der Waals surface area contributed by atoms with Crippen LogP contribution in [0.3, 0.4) is 0 Å². The van der Waals surface area contributed by atoms with Crippen molar-refractivity contribution in [1.29, 1.82) is 0 Å². The summed E-state index contributed by atoms with van der Waals surface area (Å²) in [6, 6.07) is 4.91. The van der Waals surface area contributed by atoms with E-state index in [0.717, 1.165) is 0 Å². The Morgan fingerprint density at radius 2 is 2.03 bits per heavy atom. The van der Waals surface area contributed by atoms with Crippen LogP contribution in [-0.2, 0) is 16.0 Å². The average Bonchev–Trinajstić information content (AvgIpc) is 3.06. The second-order valence-electron chi connectivity index (χ2n) is 7.48. The molecule has 0 radical (unpaired) electrons. The molecule has 0 aliphatic heterocycles. The molecule has 3 rings (SSSR count). The fourth-order valence-electron chi connectivity index (χ4n) is 3.56. The zero-order valence-electron chi connectivity index (χ0n) is 19.2. The molecule has 10 heteroatoms. The Hall–Kier alpha value is -2.62. The topological polar surface area (TPSA) is 103 Å². The molecule has 1 N–H and O–H groups in total. The number of hydrogen-bond donors (Lipinski definition) is 1. The number of methoxy groups -OCH3 is 1. The van der Waals surface area contributed by atoms with Gasteiger partial charge in [0, 0.05) is 17.8 Å². The molecule has 2 heterocycles. The third kappa shape index (κ3) is 5.15. The number of fused-ring (bicyclic) bond motifs is 1. The highest BCUT2D eigenvalue weighted by atomic mass is 35.5. The van der Waals surface area contributed by atoms with Gasteiger partial charge >= 0.3 is 5.97 Å². The Kier molecular flexibility index (Phi) is 7.99. The smallest absolute Gasteiger partial charge is 0.340 e. The van der Waals surface area contributed by atoms with Crippen molar-refractivity contribution in [3.05, 3.63) is 56.1 Å². The molecule has 8 nitrogen and oxygen atoms in total. The number of aryl methyl sites for hydroxylation is 1. The second-order valence-corrected chi connectivity index (χ2v) is 9.22. The lowest BCUT2D eigenvalue weighted by atomic mass is 10.1. The van der Waals surface area contributed by atoms with Crippen molar-refractivity contribution in [2.24, 2.45) is 0 Å². The van der Waals surface area contributed by atoms with Gasteiger partial charge in [-0.05, 0) is 51.5 Å². The van der Waals surface area contributed by atoms with Gasteiger partial charge in [0.1, 0.15) is 0 Å².